The van der Waals surface area contributed by atoms with Crippen LogP contribution >= 0.6 is 22.9 Å². The zero-order valence-corrected chi connectivity index (χ0v) is 19.9. The number of carbonyl (C=O) groups is 1. The van der Waals surface area contributed by atoms with Crippen LogP contribution in [0.3, 0.4) is 0 Å². The van der Waals surface area contributed by atoms with Gasteiger partial charge in [0.15, 0.2) is 5.69 Å². The van der Waals surface area contributed by atoms with Crippen LogP contribution in [0.1, 0.15) is 20.9 Å². The van der Waals surface area contributed by atoms with E-state index < -0.39 is 5.91 Å². The summed E-state index contributed by atoms with van der Waals surface area (Å²) >= 11 is 7.47. The van der Waals surface area contributed by atoms with Gasteiger partial charge in [-0.05, 0) is 35.9 Å². The molecule has 9 heteroatoms. The van der Waals surface area contributed by atoms with Gasteiger partial charge in [0.2, 0.25) is 5.43 Å². The minimum atomic E-state index is -0.507. The average Bonchev–Trinajstić information content (AvgIpc) is 3.29. The summed E-state index contributed by atoms with van der Waals surface area (Å²) < 4.78 is 7.14. The lowest BCUT2D eigenvalue weighted by molar-refractivity contribution is 0.0346. The lowest BCUT2D eigenvalue weighted by atomic mass is 10.2. The molecule has 1 aliphatic heterocycles. The maximum Gasteiger partial charge on any atom is 0.276 e. The van der Waals surface area contributed by atoms with Gasteiger partial charge in [-0.25, -0.2) is 4.68 Å². The third-order valence-corrected chi connectivity index (χ3v) is 7.03. The minimum Gasteiger partial charge on any atom is -0.379 e. The quantitative estimate of drug-likeness (QED) is 0.440. The molecule has 1 saturated heterocycles. The summed E-state index contributed by atoms with van der Waals surface area (Å²) in [7, 11) is 0. The summed E-state index contributed by atoms with van der Waals surface area (Å²) in [5.41, 5.74) is 1.19. The molecule has 5 rings (SSSR count). The predicted molar refractivity (Wildman–Crippen MR) is 134 cm³/mol. The molecule has 0 saturated carbocycles. The molecule has 1 fully saturated rings. The van der Waals surface area contributed by atoms with Crippen LogP contribution in [0.4, 0.5) is 0 Å². The Morgan fingerprint density at radius 1 is 1.09 bits per heavy atom. The molecule has 0 spiro atoms. The van der Waals surface area contributed by atoms with E-state index in [2.05, 4.69) is 15.3 Å². The summed E-state index contributed by atoms with van der Waals surface area (Å²) in [5, 5.41) is 8.45. The summed E-state index contributed by atoms with van der Waals surface area (Å²) in [6, 6.07) is 18.6. The van der Waals surface area contributed by atoms with Gasteiger partial charge in [-0.1, -0.05) is 41.9 Å². The van der Waals surface area contributed by atoms with E-state index in [1.807, 2.05) is 48.5 Å². The molecule has 174 valence electrons. The summed E-state index contributed by atoms with van der Waals surface area (Å²) in [6.07, 6.45) is 0. The number of amides is 1. The number of para-hydroxylation sites is 1. The fourth-order valence-electron chi connectivity index (χ4n) is 3.89. The smallest absolute Gasteiger partial charge is 0.276 e. The van der Waals surface area contributed by atoms with Crippen molar-refractivity contribution in [2.75, 3.05) is 26.3 Å². The number of carbonyl (C=O) groups excluding carboxylic acids is 1. The standard InChI is InChI=1S/C25H23ClN4O3S/c26-18-8-6-17(7-9-18)15-27-24(32)22-23(31)21-14-20(16-29-10-12-33-13-11-29)34-25(21)30(28-22)19-4-2-1-3-5-19/h1-9,14H,10-13,15-16H2,(H,27,32). The predicted octanol–water partition coefficient (Wildman–Crippen LogP) is 3.86. The van der Waals surface area contributed by atoms with E-state index in [1.165, 1.54) is 11.3 Å². The number of hydrogen-bond donors (Lipinski definition) is 1. The van der Waals surface area contributed by atoms with Crippen LogP contribution in [-0.4, -0.2) is 46.9 Å². The monoisotopic (exact) mass is 494 g/mol. The first-order chi connectivity index (χ1) is 16.6. The number of fused-ring (bicyclic) bond motifs is 1. The molecule has 4 aromatic rings. The average molecular weight is 495 g/mol. The third kappa shape index (κ3) is 4.90. The SMILES string of the molecule is O=C(NCc1ccc(Cl)cc1)c1nn(-c2ccccc2)c2sc(CN3CCOCC3)cc2c1=O. The van der Waals surface area contributed by atoms with E-state index in [0.29, 0.717) is 23.6 Å². The topological polar surface area (TPSA) is 76.5 Å². The second-order valence-electron chi connectivity index (χ2n) is 8.05. The van der Waals surface area contributed by atoms with E-state index in [1.54, 1.807) is 16.8 Å². The van der Waals surface area contributed by atoms with Gasteiger partial charge in [0.05, 0.1) is 24.3 Å². The van der Waals surface area contributed by atoms with Crippen molar-refractivity contribution in [3.63, 3.8) is 0 Å². The molecule has 0 aliphatic carbocycles. The van der Waals surface area contributed by atoms with Gasteiger partial charge in [-0.3, -0.25) is 14.5 Å². The van der Waals surface area contributed by atoms with Crippen LogP contribution in [0, 0.1) is 0 Å². The van der Waals surface area contributed by atoms with Gasteiger partial charge in [-0.15, -0.1) is 11.3 Å². The lowest BCUT2D eigenvalue weighted by Crippen LogP contribution is -2.35. The summed E-state index contributed by atoms with van der Waals surface area (Å²) in [5.74, 6) is -0.507. The van der Waals surface area contributed by atoms with Gasteiger partial charge < -0.3 is 10.1 Å². The van der Waals surface area contributed by atoms with Crippen LogP contribution in [0.25, 0.3) is 15.9 Å². The van der Waals surface area contributed by atoms with Crippen LogP contribution in [-0.2, 0) is 17.8 Å². The first-order valence-electron chi connectivity index (χ1n) is 11.0. The molecule has 0 atom stereocenters. The van der Waals surface area contributed by atoms with E-state index >= 15 is 0 Å². The van der Waals surface area contributed by atoms with E-state index in [4.69, 9.17) is 16.3 Å². The number of aromatic nitrogens is 2. The first kappa shape index (κ1) is 22.7. The van der Waals surface area contributed by atoms with Gasteiger partial charge in [-0.2, -0.15) is 5.10 Å². The number of benzene rings is 2. The van der Waals surface area contributed by atoms with Crippen LogP contribution in [0.5, 0.6) is 0 Å². The number of ether oxygens (including phenoxy) is 1. The third-order valence-electron chi connectivity index (χ3n) is 5.68. The number of nitrogens with zero attached hydrogens (tertiary/aromatic N) is 3. The number of nitrogens with one attached hydrogen (secondary N) is 1. The van der Waals surface area contributed by atoms with Crippen LogP contribution < -0.4 is 10.7 Å². The van der Waals surface area contributed by atoms with Crippen molar-refractivity contribution in [2.45, 2.75) is 13.1 Å². The number of rotatable bonds is 6. The molecule has 7 nitrogen and oxygen atoms in total. The number of hydrogen-bond acceptors (Lipinski definition) is 6. The van der Waals surface area contributed by atoms with Crippen LogP contribution in [0.2, 0.25) is 5.02 Å². The molecular formula is C25H23ClN4O3S. The number of morpholine rings is 1. The number of halogens is 1. The minimum absolute atomic E-state index is 0.124. The Morgan fingerprint density at radius 3 is 2.56 bits per heavy atom. The van der Waals surface area contributed by atoms with Gasteiger partial charge in [0.25, 0.3) is 5.91 Å². The van der Waals surface area contributed by atoms with Crippen LogP contribution in [0.15, 0.2) is 65.5 Å². The molecule has 1 aliphatic rings. The van der Waals surface area contributed by atoms with Crippen molar-refractivity contribution < 1.29 is 9.53 Å². The van der Waals surface area contributed by atoms with Crippen molar-refractivity contribution in [3.8, 4) is 5.69 Å². The molecule has 0 bridgehead atoms. The molecule has 0 unspecified atom stereocenters. The highest BCUT2D eigenvalue weighted by Gasteiger charge is 2.21. The molecule has 34 heavy (non-hydrogen) atoms. The van der Waals surface area contributed by atoms with Gasteiger partial charge >= 0.3 is 0 Å². The normalized spacial score (nSPS) is 14.4. The van der Waals surface area contributed by atoms with Crippen molar-refractivity contribution in [2.24, 2.45) is 0 Å². The molecule has 2 aromatic carbocycles. The zero-order valence-electron chi connectivity index (χ0n) is 18.4. The highest BCUT2D eigenvalue weighted by Crippen LogP contribution is 2.27. The Morgan fingerprint density at radius 2 is 1.82 bits per heavy atom. The molecule has 1 N–H and O–H groups in total. The summed E-state index contributed by atoms with van der Waals surface area (Å²) in [4.78, 5) is 30.4. The fourth-order valence-corrected chi connectivity index (χ4v) is 5.18. The van der Waals surface area contributed by atoms with Crippen molar-refractivity contribution in [1.29, 1.82) is 0 Å². The first-order valence-corrected chi connectivity index (χ1v) is 12.2. The van der Waals surface area contributed by atoms with Gasteiger partial charge in [0, 0.05) is 36.1 Å². The molecule has 2 aromatic heterocycles. The maximum absolute atomic E-state index is 13.3. The molecule has 1 amide bonds. The number of thiophene rings is 1. The van der Waals surface area contributed by atoms with E-state index in [0.717, 1.165) is 40.6 Å². The van der Waals surface area contributed by atoms with Crippen molar-refractivity contribution >= 4 is 39.1 Å². The Kier molecular flexibility index (Phi) is 6.73. The lowest BCUT2D eigenvalue weighted by Gasteiger charge is -2.25. The van der Waals surface area contributed by atoms with E-state index in [-0.39, 0.29) is 17.7 Å². The van der Waals surface area contributed by atoms with Gasteiger partial charge in [0.1, 0.15) is 4.83 Å². The second-order valence-corrected chi connectivity index (χ2v) is 9.61. The largest absolute Gasteiger partial charge is 0.379 e. The van der Waals surface area contributed by atoms with Crippen molar-refractivity contribution in [3.05, 3.63) is 92.0 Å². The summed E-state index contributed by atoms with van der Waals surface area (Å²) in [6.45, 7) is 4.13. The molecule has 3 heterocycles. The highest BCUT2D eigenvalue weighted by molar-refractivity contribution is 7.18. The Hall–Kier alpha value is -3.04. The fraction of sp³-hybridized carbons (Fsp3) is 0.240. The van der Waals surface area contributed by atoms with E-state index in [9.17, 15) is 9.59 Å². The second kappa shape index (κ2) is 10.1. The maximum atomic E-state index is 13.3. The molecular weight excluding hydrogens is 472 g/mol. The Labute approximate surface area is 205 Å². The van der Waals surface area contributed by atoms with Crippen molar-refractivity contribution in [1.82, 2.24) is 20.0 Å². The zero-order chi connectivity index (χ0) is 23.5. The highest BCUT2D eigenvalue weighted by atomic mass is 35.5. The molecule has 0 radical (unpaired) electrons. The Balaban J connectivity index is 1.51. The Bertz CT molecular complexity index is 1360.